The molecule has 0 amide bonds. The number of carbonyl (C=O) groups is 2. The van der Waals surface area contributed by atoms with Gasteiger partial charge in [0.25, 0.3) is 0 Å². The summed E-state index contributed by atoms with van der Waals surface area (Å²) in [5.41, 5.74) is -0.967. The molecule has 190 valence electrons. The Hall–Kier alpha value is -1.45. The molecular formula is C26H37NaO7S. The summed E-state index contributed by atoms with van der Waals surface area (Å²) in [5, 5.41) is 0. The van der Waals surface area contributed by atoms with Crippen LogP contribution in [0, 0.1) is 0 Å². The molecule has 0 saturated heterocycles. The van der Waals surface area contributed by atoms with Crippen molar-refractivity contribution < 1.29 is 61.6 Å². The van der Waals surface area contributed by atoms with Crippen LogP contribution in [0.2, 0.25) is 0 Å². The summed E-state index contributed by atoms with van der Waals surface area (Å²) in [6.45, 7) is 4.28. The number of hydrogen-bond acceptors (Lipinski definition) is 7. The Kier molecular flexibility index (Phi) is 18.9. The predicted molar refractivity (Wildman–Crippen MR) is 130 cm³/mol. The van der Waals surface area contributed by atoms with Crippen molar-refractivity contribution in [1.29, 1.82) is 0 Å². The molecule has 0 bridgehead atoms. The van der Waals surface area contributed by atoms with Crippen molar-refractivity contribution in [2.45, 2.75) is 95.8 Å². The van der Waals surface area contributed by atoms with Crippen molar-refractivity contribution in [2.24, 2.45) is 0 Å². The molecule has 0 aliphatic heterocycles. The number of unbranched alkanes of at least 4 members (excludes halogenated alkanes) is 10. The largest absolute Gasteiger partial charge is 1.00 e. The molecule has 0 aromatic heterocycles. The molecule has 0 saturated carbocycles. The zero-order chi connectivity index (χ0) is 25.2. The molecule has 0 unspecified atom stereocenters. The van der Waals surface area contributed by atoms with Crippen LogP contribution >= 0.6 is 0 Å². The molecule has 0 aliphatic rings. The van der Waals surface area contributed by atoms with E-state index in [1.165, 1.54) is 31.2 Å². The van der Waals surface area contributed by atoms with Gasteiger partial charge >= 0.3 is 41.5 Å². The van der Waals surface area contributed by atoms with Gasteiger partial charge in [0, 0.05) is 0 Å². The number of esters is 2. The average Bonchev–Trinajstić information content (AvgIpc) is 2.81. The van der Waals surface area contributed by atoms with E-state index in [-0.39, 0.29) is 35.1 Å². The maximum absolute atomic E-state index is 12.6. The van der Waals surface area contributed by atoms with Crippen LogP contribution in [-0.4, -0.2) is 24.9 Å². The summed E-state index contributed by atoms with van der Waals surface area (Å²) in [6.07, 6.45) is 18.1. The molecule has 0 atom stereocenters. The van der Waals surface area contributed by atoms with Crippen LogP contribution in [0.1, 0.15) is 112 Å². The molecule has 7 nitrogen and oxygen atoms in total. The monoisotopic (exact) mass is 516 g/mol. The normalized spacial score (nSPS) is 11.5. The van der Waals surface area contributed by atoms with E-state index in [2.05, 4.69) is 13.8 Å². The van der Waals surface area contributed by atoms with Gasteiger partial charge in [0.15, 0.2) is 0 Å². The molecule has 0 aliphatic carbocycles. The quantitative estimate of drug-likeness (QED) is 0.102. The topological polar surface area (TPSA) is 110 Å². The minimum atomic E-state index is -5.02. The second kappa shape index (κ2) is 19.7. The van der Waals surface area contributed by atoms with Gasteiger partial charge in [-0.15, -0.1) is 0 Å². The van der Waals surface area contributed by atoms with E-state index >= 15 is 0 Å². The van der Waals surface area contributed by atoms with Crippen LogP contribution < -0.4 is 29.6 Å². The van der Waals surface area contributed by atoms with E-state index < -0.39 is 32.5 Å². The van der Waals surface area contributed by atoms with Gasteiger partial charge in [-0.25, -0.2) is 18.0 Å². The fraction of sp³-hybridized carbons (Fsp3) is 0.538. The zero-order valence-corrected chi connectivity index (χ0v) is 24.1. The first-order valence-corrected chi connectivity index (χ1v) is 13.5. The van der Waals surface area contributed by atoms with Gasteiger partial charge in [0.05, 0.1) is 28.5 Å². The Morgan fingerprint density at radius 1 is 0.800 bits per heavy atom. The standard InChI is InChI=1S/C26H38O7S.Na/c1-3-5-7-9-11-13-15-20-32-25(27)22-18-17-19-23(34(29,30)31)24(22)26(28)33-21-16-14-12-10-8-6-4-2;/h15-21H,3-14H2,1-2H3,(H,29,30,31);/q;+1/p-1/b20-15+,21-16+;. The second-order valence-electron chi connectivity index (χ2n) is 8.09. The van der Waals surface area contributed by atoms with Gasteiger partial charge in [-0.2, -0.15) is 0 Å². The number of rotatable bonds is 17. The number of benzene rings is 1. The molecule has 9 heteroatoms. The van der Waals surface area contributed by atoms with E-state index in [1.54, 1.807) is 12.2 Å². The van der Waals surface area contributed by atoms with E-state index in [4.69, 9.17) is 9.47 Å². The van der Waals surface area contributed by atoms with Crippen molar-refractivity contribution in [3.05, 3.63) is 54.0 Å². The predicted octanol–water partition coefficient (Wildman–Crippen LogP) is 3.66. The molecular weight excluding hydrogens is 479 g/mol. The summed E-state index contributed by atoms with van der Waals surface area (Å²) < 4.78 is 45.2. The Balaban J connectivity index is 0.0000116. The van der Waals surface area contributed by atoms with Crippen molar-refractivity contribution in [2.75, 3.05) is 0 Å². The van der Waals surface area contributed by atoms with Gasteiger partial charge in [-0.05, 0) is 50.0 Å². The fourth-order valence-corrected chi connectivity index (χ4v) is 4.02. The van der Waals surface area contributed by atoms with Crippen LogP contribution in [0.3, 0.4) is 0 Å². The molecule has 0 radical (unpaired) electrons. The number of hydrogen-bond donors (Lipinski definition) is 0. The molecule has 0 N–H and O–H groups in total. The Bertz CT molecular complexity index is 924. The SMILES string of the molecule is CCCCCCC/C=C/OC(=O)c1cccc(S(=O)(=O)[O-])c1C(=O)O/C=C/CCCCCCC.[Na+]. The van der Waals surface area contributed by atoms with E-state index in [9.17, 15) is 22.6 Å². The van der Waals surface area contributed by atoms with Crippen molar-refractivity contribution >= 4 is 22.1 Å². The van der Waals surface area contributed by atoms with Crippen molar-refractivity contribution in [3.8, 4) is 0 Å². The Labute approximate surface area is 232 Å². The molecule has 35 heavy (non-hydrogen) atoms. The van der Waals surface area contributed by atoms with Crippen LogP contribution in [0.25, 0.3) is 0 Å². The third kappa shape index (κ3) is 14.0. The Morgan fingerprint density at radius 2 is 1.29 bits per heavy atom. The smallest absolute Gasteiger partial charge is 0.744 e. The van der Waals surface area contributed by atoms with Crippen LogP contribution in [-0.2, 0) is 19.6 Å². The van der Waals surface area contributed by atoms with E-state index in [0.717, 1.165) is 70.1 Å². The average molecular weight is 517 g/mol. The van der Waals surface area contributed by atoms with Gasteiger partial charge in [-0.1, -0.05) is 71.3 Å². The number of ether oxygens (including phenoxy) is 2. The van der Waals surface area contributed by atoms with Crippen molar-refractivity contribution in [1.82, 2.24) is 0 Å². The summed E-state index contributed by atoms with van der Waals surface area (Å²) >= 11 is 0. The van der Waals surface area contributed by atoms with Gasteiger partial charge in [-0.3, -0.25) is 0 Å². The molecule has 0 fully saturated rings. The summed E-state index contributed by atoms with van der Waals surface area (Å²) in [5.74, 6) is -2.05. The minimum Gasteiger partial charge on any atom is -0.744 e. The Morgan fingerprint density at radius 3 is 1.77 bits per heavy atom. The molecule has 1 rings (SSSR count). The van der Waals surface area contributed by atoms with Gasteiger partial charge < -0.3 is 14.0 Å². The molecule has 1 aromatic rings. The molecule has 0 spiro atoms. The maximum atomic E-state index is 12.6. The fourth-order valence-electron chi connectivity index (χ4n) is 3.33. The number of allylic oxidation sites excluding steroid dienone is 2. The number of carbonyl (C=O) groups excluding carboxylic acids is 2. The summed E-state index contributed by atoms with van der Waals surface area (Å²) in [6, 6.07) is 3.41. The van der Waals surface area contributed by atoms with Gasteiger partial charge in [0.2, 0.25) is 0 Å². The maximum Gasteiger partial charge on any atom is 1.00 e. The summed E-state index contributed by atoms with van der Waals surface area (Å²) in [4.78, 5) is 24.3. The minimum absolute atomic E-state index is 0. The molecule has 1 aromatic carbocycles. The third-order valence-electron chi connectivity index (χ3n) is 5.21. The summed E-state index contributed by atoms with van der Waals surface area (Å²) in [7, 11) is -5.02. The first-order valence-electron chi connectivity index (χ1n) is 12.1. The zero-order valence-electron chi connectivity index (χ0n) is 21.3. The van der Waals surface area contributed by atoms with Crippen LogP contribution in [0.5, 0.6) is 0 Å². The first kappa shape index (κ1) is 33.5. The van der Waals surface area contributed by atoms with Gasteiger partial charge in [0.1, 0.15) is 10.1 Å². The van der Waals surface area contributed by atoms with E-state index in [0.29, 0.717) is 6.42 Å². The third-order valence-corrected chi connectivity index (χ3v) is 6.09. The van der Waals surface area contributed by atoms with Crippen LogP contribution in [0.4, 0.5) is 0 Å². The van der Waals surface area contributed by atoms with E-state index in [1.807, 2.05) is 0 Å². The molecule has 0 heterocycles. The first-order chi connectivity index (χ1) is 16.3. The van der Waals surface area contributed by atoms with Crippen molar-refractivity contribution in [3.63, 3.8) is 0 Å². The van der Waals surface area contributed by atoms with Crippen LogP contribution in [0.15, 0.2) is 47.8 Å². The second-order valence-corrected chi connectivity index (χ2v) is 9.44.